The zero-order valence-electron chi connectivity index (χ0n) is 10.5. The first kappa shape index (κ1) is 16.1. The quantitative estimate of drug-likeness (QED) is 0.920. The number of nitrogens with one attached hydrogen (secondary N) is 1. The van der Waals surface area contributed by atoms with Crippen molar-refractivity contribution in [1.29, 1.82) is 0 Å². The second kappa shape index (κ2) is 6.98. The SMILES string of the molecule is CNC(C)Cc1noc(-c2cc(F)cc(Br)c2)n1.Cl. The first-order chi connectivity index (χ1) is 8.58. The summed E-state index contributed by atoms with van der Waals surface area (Å²) in [5.41, 5.74) is 0.567. The van der Waals surface area contributed by atoms with Crippen LogP contribution in [-0.2, 0) is 6.42 Å². The third-order valence-corrected chi connectivity index (χ3v) is 3.02. The van der Waals surface area contributed by atoms with Crippen LogP contribution in [0.15, 0.2) is 27.2 Å². The highest BCUT2D eigenvalue weighted by atomic mass is 79.9. The number of hydrogen-bond acceptors (Lipinski definition) is 4. The van der Waals surface area contributed by atoms with E-state index >= 15 is 0 Å². The van der Waals surface area contributed by atoms with E-state index in [0.717, 1.165) is 0 Å². The molecule has 0 bridgehead atoms. The van der Waals surface area contributed by atoms with E-state index in [2.05, 4.69) is 31.4 Å². The Kier molecular flexibility index (Phi) is 5.90. The molecule has 0 saturated carbocycles. The molecule has 0 aliphatic rings. The second-order valence-corrected chi connectivity index (χ2v) is 4.98. The second-order valence-electron chi connectivity index (χ2n) is 4.07. The lowest BCUT2D eigenvalue weighted by atomic mass is 10.2. The summed E-state index contributed by atoms with van der Waals surface area (Å²) in [5.74, 6) is 0.587. The van der Waals surface area contributed by atoms with Crippen molar-refractivity contribution in [2.24, 2.45) is 0 Å². The van der Waals surface area contributed by atoms with Crippen LogP contribution < -0.4 is 5.32 Å². The Balaban J connectivity index is 0.00000180. The van der Waals surface area contributed by atoms with Gasteiger partial charge in [-0.15, -0.1) is 12.4 Å². The molecule has 2 rings (SSSR count). The van der Waals surface area contributed by atoms with Crippen molar-refractivity contribution in [2.45, 2.75) is 19.4 Å². The molecule has 1 N–H and O–H groups in total. The molecular formula is C12H14BrClFN3O. The normalized spacial score (nSPS) is 12.0. The highest BCUT2D eigenvalue weighted by Gasteiger charge is 2.12. The van der Waals surface area contributed by atoms with Gasteiger partial charge in [0.25, 0.3) is 5.89 Å². The molecule has 4 nitrogen and oxygen atoms in total. The fourth-order valence-electron chi connectivity index (χ4n) is 1.51. The van der Waals surface area contributed by atoms with Crippen LogP contribution in [0.1, 0.15) is 12.7 Å². The molecule has 0 fully saturated rings. The first-order valence-electron chi connectivity index (χ1n) is 5.55. The third kappa shape index (κ3) is 4.26. The monoisotopic (exact) mass is 349 g/mol. The number of halogens is 3. The van der Waals surface area contributed by atoms with Gasteiger partial charge in [-0.3, -0.25) is 0 Å². The summed E-state index contributed by atoms with van der Waals surface area (Å²) in [6, 6.07) is 4.74. The van der Waals surface area contributed by atoms with Gasteiger partial charge in [-0.1, -0.05) is 21.1 Å². The van der Waals surface area contributed by atoms with Crippen LogP contribution in [-0.4, -0.2) is 23.2 Å². The van der Waals surface area contributed by atoms with E-state index in [4.69, 9.17) is 4.52 Å². The van der Waals surface area contributed by atoms with Crippen molar-refractivity contribution in [3.63, 3.8) is 0 Å². The van der Waals surface area contributed by atoms with Crippen molar-refractivity contribution in [3.05, 3.63) is 34.3 Å². The zero-order chi connectivity index (χ0) is 13.1. The van der Waals surface area contributed by atoms with Gasteiger partial charge in [-0.2, -0.15) is 4.98 Å². The van der Waals surface area contributed by atoms with E-state index < -0.39 is 0 Å². The maximum atomic E-state index is 13.3. The van der Waals surface area contributed by atoms with Gasteiger partial charge in [0.2, 0.25) is 0 Å². The van der Waals surface area contributed by atoms with Gasteiger partial charge >= 0.3 is 0 Å². The molecule has 1 atom stereocenters. The van der Waals surface area contributed by atoms with Crippen LogP contribution in [0.25, 0.3) is 11.5 Å². The number of likely N-dealkylation sites (N-methyl/N-ethyl adjacent to an activating group) is 1. The van der Waals surface area contributed by atoms with Gasteiger partial charge in [0, 0.05) is 22.5 Å². The Morgan fingerprint density at radius 3 is 2.79 bits per heavy atom. The highest BCUT2D eigenvalue weighted by molar-refractivity contribution is 9.10. The summed E-state index contributed by atoms with van der Waals surface area (Å²) in [7, 11) is 1.87. The Morgan fingerprint density at radius 2 is 2.16 bits per heavy atom. The first-order valence-corrected chi connectivity index (χ1v) is 6.34. The Hall–Kier alpha value is -0.980. The molecule has 1 aromatic carbocycles. The number of nitrogens with zero attached hydrogens (tertiary/aromatic N) is 2. The van der Waals surface area contributed by atoms with Gasteiger partial charge in [-0.25, -0.2) is 4.39 Å². The minimum Gasteiger partial charge on any atom is -0.334 e. The van der Waals surface area contributed by atoms with E-state index in [-0.39, 0.29) is 24.3 Å². The fraction of sp³-hybridized carbons (Fsp3) is 0.333. The molecule has 1 unspecified atom stereocenters. The standard InChI is InChI=1S/C12H13BrFN3O.ClH/c1-7(15-2)3-11-16-12(18-17-11)8-4-9(13)6-10(14)5-8;/h4-7,15H,3H2,1-2H3;1H. The molecule has 2 aromatic rings. The van der Waals surface area contributed by atoms with E-state index in [1.54, 1.807) is 6.07 Å². The van der Waals surface area contributed by atoms with Gasteiger partial charge in [-0.05, 0) is 32.2 Å². The predicted octanol–water partition coefficient (Wildman–Crippen LogP) is 3.21. The molecule has 104 valence electrons. The summed E-state index contributed by atoms with van der Waals surface area (Å²) in [6.07, 6.45) is 0.663. The minimum absolute atomic E-state index is 0. The molecule has 7 heteroatoms. The minimum atomic E-state index is -0.345. The van der Waals surface area contributed by atoms with Crippen LogP contribution in [0.2, 0.25) is 0 Å². The molecular weight excluding hydrogens is 337 g/mol. The van der Waals surface area contributed by atoms with Crippen molar-refractivity contribution < 1.29 is 8.91 Å². The average Bonchev–Trinajstić information content (AvgIpc) is 2.76. The van der Waals surface area contributed by atoms with Crippen LogP contribution in [0.3, 0.4) is 0 Å². The Morgan fingerprint density at radius 1 is 1.42 bits per heavy atom. The summed E-state index contributed by atoms with van der Waals surface area (Å²) in [4.78, 5) is 4.25. The van der Waals surface area contributed by atoms with Gasteiger partial charge in [0.05, 0.1) is 0 Å². The molecule has 0 radical (unpaired) electrons. The average molecular weight is 351 g/mol. The number of hydrogen-bond donors (Lipinski definition) is 1. The molecule has 0 amide bonds. The van der Waals surface area contributed by atoms with Gasteiger partial charge in [0.1, 0.15) is 5.82 Å². The van der Waals surface area contributed by atoms with Crippen molar-refractivity contribution >= 4 is 28.3 Å². The highest BCUT2D eigenvalue weighted by Crippen LogP contribution is 2.23. The van der Waals surface area contributed by atoms with E-state index in [0.29, 0.717) is 28.2 Å². The fourth-order valence-corrected chi connectivity index (χ4v) is 1.97. The number of aromatic nitrogens is 2. The lowest BCUT2D eigenvalue weighted by Gasteiger charge is -2.04. The molecule has 0 saturated heterocycles. The maximum absolute atomic E-state index is 13.3. The predicted molar refractivity (Wildman–Crippen MR) is 76.9 cm³/mol. The molecule has 0 aliphatic carbocycles. The molecule has 1 heterocycles. The summed E-state index contributed by atoms with van der Waals surface area (Å²) in [6.45, 7) is 2.02. The molecule has 0 aliphatic heterocycles. The van der Waals surface area contributed by atoms with E-state index in [9.17, 15) is 4.39 Å². The van der Waals surface area contributed by atoms with Crippen molar-refractivity contribution in [2.75, 3.05) is 7.05 Å². The maximum Gasteiger partial charge on any atom is 0.258 e. The largest absolute Gasteiger partial charge is 0.334 e. The number of rotatable bonds is 4. The van der Waals surface area contributed by atoms with Crippen LogP contribution in [0.4, 0.5) is 4.39 Å². The smallest absolute Gasteiger partial charge is 0.258 e. The third-order valence-electron chi connectivity index (χ3n) is 2.56. The Labute approximate surface area is 125 Å². The lowest BCUT2D eigenvalue weighted by molar-refractivity contribution is 0.418. The van der Waals surface area contributed by atoms with Crippen molar-refractivity contribution in [3.8, 4) is 11.5 Å². The summed E-state index contributed by atoms with van der Waals surface area (Å²) < 4.78 is 19.0. The number of benzene rings is 1. The molecule has 0 spiro atoms. The van der Waals surface area contributed by atoms with E-state index in [1.807, 2.05) is 14.0 Å². The van der Waals surface area contributed by atoms with Crippen LogP contribution in [0, 0.1) is 5.82 Å². The van der Waals surface area contributed by atoms with Crippen LogP contribution in [0.5, 0.6) is 0 Å². The molecule has 19 heavy (non-hydrogen) atoms. The lowest BCUT2D eigenvalue weighted by Crippen LogP contribution is -2.24. The zero-order valence-corrected chi connectivity index (χ0v) is 12.9. The van der Waals surface area contributed by atoms with Gasteiger partial charge in [0.15, 0.2) is 5.82 Å². The summed E-state index contributed by atoms with van der Waals surface area (Å²) >= 11 is 3.23. The van der Waals surface area contributed by atoms with Crippen LogP contribution >= 0.6 is 28.3 Å². The van der Waals surface area contributed by atoms with E-state index in [1.165, 1.54) is 12.1 Å². The summed E-state index contributed by atoms with van der Waals surface area (Å²) in [5, 5.41) is 6.97. The Bertz CT molecular complexity index is 529. The molecule has 1 aromatic heterocycles. The van der Waals surface area contributed by atoms with Crippen molar-refractivity contribution in [1.82, 2.24) is 15.5 Å². The van der Waals surface area contributed by atoms with Gasteiger partial charge < -0.3 is 9.84 Å². The topological polar surface area (TPSA) is 51.0 Å².